The summed E-state index contributed by atoms with van der Waals surface area (Å²) in [5.41, 5.74) is 9.86. The number of furan rings is 1. The van der Waals surface area contributed by atoms with Crippen LogP contribution in [0, 0.1) is 22.7 Å². The molecule has 3 heterocycles. The van der Waals surface area contributed by atoms with Gasteiger partial charge in [0, 0.05) is 49.5 Å². The van der Waals surface area contributed by atoms with Gasteiger partial charge in [-0.25, -0.2) is 0 Å². The third-order valence-corrected chi connectivity index (χ3v) is 9.80. The van der Waals surface area contributed by atoms with Crippen LogP contribution in [-0.4, -0.2) is 9.13 Å². The van der Waals surface area contributed by atoms with Gasteiger partial charge in [-0.2, -0.15) is 10.5 Å². The Morgan fingerprint density at radius 2 is 0.857 bits per heavy atom. The highest BCUT2D eigenvalue weighted by Gasteiger charge is 2.24. The third kappa shape index (κ3) is 3.73. The number of aromatic nitrogens is 2. The molecule has 3 aromatic heterocycles. The summed E-state index contributed by atoms with van der Waals surface area (Å²) in [5.74, 6) is 0. The van der Waals surface area contributed by atoms with Crippen LogP contribution >= 0.6 is 0 Å². The topological polar surface area (TPSA) is 70.6 Å². The van der Waals surface area contributed by atoms with Gasteiger partial charge in [0.15, 0.2) is 0 Å². The highest BCUT2D eigenvalue weighted by molar-refractivity contribution is 6.18. The van der Waals surface area contributed by atoms with Crippen molar-refractivity contribution in [2.24, 2.45) is 0 Å². The molecule has 0 saturated heterocycles. The van der Waals surface area contributed by atoms with E-state index in [-0.39, 0.29) is 0 Å². The molecule has 0 atom stereocenters. The first-order valence-corrected chi connectivity index (χ1v) is 16.1. The first-order chi connectivity index (χ1) is 24.2. The normalized spacial score (nSPS) is 11.6. The Bertz CT molecular complexity index is 3030. The standard InChI is InChI=1S/C44H24N4O/c45-25-27-11-9-17-33(43(27)47-37-19-5-1-13-29(37)30-14-2-6-20-38(30)47)34-18-10-12-28(26-46)44(34)48-39-21-7-3-15-31(39)35-23-36-32-16-4-8-22-41(32)49-42(36)24-40(35)48/h1-24H. The van der Waals surface area contributed by atoms with Crippen molar-refractivity contribution in [3.8, 4) is 34.6 Å². The second-order valence-corrected chi connectivity index (χ2v) is 12.3. The molecule has 0 radical (unpaired) electrons. The highest BCUT2D eigenvalue weighted by atomic mass is 16.3. The van der Waals surface area contributed by atoms with Crippen LogP contribution in [0.25, 0.3) is 88.1 Å². The largest absolute Gasteiger partial charge is 0.456 e. The fourth-order valence-electron chi connectivity index (χ4n) is 7.78. The average molecular weight is 625 g/mol. The van der Waals surface area contributed by atoms with Gasteiger partial charge in [-0.15, -0.1) is 0 Å². The van der Waals surface area contributed by atoms with Gasteiger partial charge in [0.1, 0.15) is 23.3 Å². The summed E-state index contributed by atoms with van der Waals surface area (Å²) in [6.45, 7) is 0. The number of nitrogens with zero attached hydrogens (tertiary/aromatic N) is 4. The molecule has 226 valence electrons. The van der Waals surface area contributed by atoms with E-state index in [2.05, 4.69) is 94.1 Å². The molecule has 49 heavy (non-hydrogen) atoms. The summed E-state index contributed by atoms with van der Waals surface area (Å²) in [4.78, 5) is 0. The molecule has 0 aliphatic carbocycles. The molecule has 0 N–H and O–H groups in total. The van der Waals surface area contributed by atoms with Gasteiger partial charge in [0.2, 0.25) is 0 Å². The predicted octanol–water partition coefficient (Wildman–Crippen LogP) is 11.2. The summed E-state index contributed by atoms with van der Waals surface area (Å²) < 4.78 is 10.8. The molecular formula is C44H24N4O. The van der Waals surface area contributed by atoms with E-state index in [4.69, 9.17) is 4.42 Å². The first-order valence-electron chi connectivity index (χ1n) is 16.1. The van der Waals surface area contributed by atoms with Crippen molar-refractivity contribution in [3.05, 3.63) is 157 Å². The lowest BCUT2D eigenvalue weighted by molar-refractivity contribution is 0.669. The van der Waals surface area contributed by atoms with Gasteiger partial charge in [-0.1, -0.05) is 97.1 Å². The Morgan fingerprint density at radius 1 is 0.388 bits per heavy atom. The summed E-state index contributed by atoms with van der Waals surface area (Å²) in [6, 6.07) is 54.1. The van der Waals surface area contributed by atoms with Crippen molar-refractivity contribution in [1.82, 2.24) is 9.13 Å². The lowest BCUT2D eigenvalue weighted by Crippen LogP contribution is -2.05. The lowest BCUT2D eigenvalue weighted by Gasteiger charge is -2.20. The zero-order valence-corrected chi connectivity index (χ0v) is 26.1. The van der Waals surface area contributed by atoms with E-state index in [1.54, 1.807) is 0 Å². The van der Waals surface area contributed by atoms with Crippen molar-refractivity contribution >= 4 is 65.6 Å². The van der Waals surface area contributed by atoms with Gasteiger partial charge < -0.3 is 13.6 Å². The Hall–Kier alpha value is -7.08. The van der Waals surface area contributed by atoms with Crippen molar-refractivity contribution in [3.63, 3.8) is 0 Å². The third-order valence-electron chi connectivity index (χ3n) is 9.80. The van der Waals surface area contributed by atoms with Crippen LogP contribution in [-0.2, 0) is 0 Å². The number of nitriles is 2. The molecule has 0 unspecified atom stereocenters. The van der Waals surface area contributed by atoms with E-state index in [0.717, 1.165) is 88.1 Å². The smallest absolute Gasteiger partial charge is 0.137 e. The summed E-state index contributed by atoms with van der Waals surface area (Å²) >= 11 is 0. The molecule has 10 rings (SSSR count). The minimum absolute atomic E-state index is 0.528. The molecule has 0 saturated carbocycles. The predicted molar refractivity (Wildman–Crippen MR) is 197 cm³/mol. The van der Waals surface area contributed by atoms with Gasteiger partial charge in [0.25, 0.3) is 0 Å². The molecular weight excluding hydrogens is 601 g/mol. The monoisotopic (exact) mass is 624 g/mol. The van der Waals surface area contributed by atoms with Crippen molar-refractivity contribution in [1.29, 1.82) is 10.5 Å². The second-order valence-electron chi connectivity index (χ2n) is 12.3. The molecule has 5 heteroatoms. The van der Waals surface area contributed by atoms with E-state index >= 15 is 0 Å². The molecule has 0 amide bonds. The maximum atomic E-state index is 10.7. The van der Waals surface area contributed by atoms with E-state index in [1.807, 2.05) is 72.8 Å². The van der Waals surface area contributed by atoms with Crippen LogP contribution in [0.4, 0.5) is 0 Å². The molecule has 5 nitrogen and oxygen atoms in total. The minimum atomic E-state index is 0.528. The van der Waals surface area contributed by atoms with E-state index in [9.17, 15) is 10.5 Å². The van der Waals surface area contributed by atoms with Crippen molar-refractivity contribution in [2.45, 2.75) is 0 Å². The SMILES string of the molecule is N#Cc1cccc(-c2cccc(C#N)c2-n2c3ccccc3c3cc4c(cc32)oc2ccccc24)c1-n1c2ccccc2c2ccccc21. The number of benzene rings is 7. The van der Waals surface area contributed by atoms with Gasteiger partial charge in [-0.05, 0) is 42.5 Å². The molecule has 0 fully saturated rings. The molecule has 0 spiro atoms. The van der Waals surface area contributed by atoms with E-state index in [1.165, 1.54) is 0 Å². The van der Waals surface area contributed by atoms with Gasteiger partial charge >= 0.3 is 0 Å². The molecule has 7 aromatic carbocycles. The Morgan fingerprint density at radius 3 is 1.41 bits per heavy atom. The number of hydrogen-bond acceptors (Lipinski definition) is 3. The number of para-hydroxylation sites is 6. The quantitative estimate of drug-likeness (QED) is 0.196. The second kappa shape index (κ2) is 10.2. The maximum absolute atomic E-state index is 10.7. The van der Waals surface area contributed by atoms with Gasteiger partial charge in [-0.3, -0.25) is 0 Å². The molecule has 0 aliphatic rings. The van der Waals surface area contributed by atoms with Crippen molar-refractivity contribution < 1.29 is 4.42 Å². The number of rotatable bonds is 3. The van der Waals surface area contributed by atoms with Crippen molar-refractivity contribution in [2.75, 3.05) is 0 Å². The van der Waals surface area contributed by atoms with E-state index < -0.39 is 0 Å². The maximum Gasteiger partial charge on any atom is 0.137 e. The van der Waals surface area contributed by atoms with Crippen LogP contribution in [0.5, 0.6) is 0 Å². The van der Waals surface area contributed by atoms with E-state index in [0.29, 0.717) is 11.1 Å². The average Bonchev–Trinajstić information content (AvgIpc) is 3.80. The fourth-order valence-corrected chi connectivity index (χ4v) is 7.78. The van der Waals surface area contributed by atoms with Crippen LogP contribution in [0.15, 0.2) is 150 Å². The summed E-state index contributed by atoms with van der Waals surface area (Å²) in [5, 5.41) is 27.8. The molecule has 0 aliphatic heterocycles. The fraction of sp³-hybridized carbons (Fsp3) is 0. The Balaban J connectivity index is 1.36. The highest BCUT2D eigenvalue weighted by Crippen LogP contribution is 2.44. The van der Waals surface area contributed by atoms with Crippen LogP contribution in [0.2, 0.25) is 0 Å². The van der Waals surface area contributed by atoms with Gasteiger partial charge in [0.05, 0.1) is 44.6 Å². The minimum Gasteiger partial charge on any atom is -0.456 e. The summed E-state index contributed by atoms with van der Waals surface area (Å²) in [6.07, 6.45) is 0. The molecule has 10 aromatic rings. The first kappa shape index (κ1) is 27.1. The van der Waals surface area contributed by atoms with Crippen LogP contribution in [0.3, 0.4) is 0 Å². The zero-order valence-electron chi connectivity index (χ0n) is 26.1. The number of fused-ring (bicyclic) bond motifs is 9. The summed E-state index contributed by atoms with van der Waals surface area (Å²) in [7, 11) is 0. The van der Waals surface area contributed by atoms with Crippen LogP contribution < -0.4 is 0 Å². The number of hydrogen-bond donors (Lipinski definition) is 0. The Kier molecular flexibility index (Phi) is 5.64. The van der Waals surface area contributed by atoms with Crippen LogP contribution in [0.1, 0.15) is 11.1 Å². The molecule has 0 bridgehead atoms. The lowest BCUT2D eigenvalue weighted by atomic mass is 9.95. The zero-order chi connectivity index (χ0) is 32.6. The Labute approximate surface area is 280 Å².